The fraction of sp³-hybridized carbons (Fsp3) is 0.320. The quantitative estimate of drug-likeness (QED) is 0.485. The first-order valence-electron chi connectivity index (χ1n) is 11.3. The third-order valence-electron chi connectivity index (χ3n) is 6.17. The summed E-state index contributed by atoms with van der Waals surface area (Å²) in [5, 5.41) is 5.49. The van der Waals surface area contributed by atoms with Crippen LogP contribution in [0.4, 0.5) is 10.5 Å². The van der Waals surface area contributed by atoms with Gasteiger partial charge in [0.15, 0.2) is 0 Å². The van der Waals surface area contributed by atoms with Gasteiger partial charge in [-0.05, 0) is 37.5 Å². The molecular weight excluding hydrogens is 436 g/mol. The fourth-order valence-electron chi connectivity index (χ4n) is 4.37. The molecule has 176 valence electrons. The van der Waals surface area contributed by atoms with Crippen LogP contribution in [0.2, 0.25) is 0 Å². The number of urea groups is 1. The number of nitrogens with one attached hydrogen (secondary N) is 2. The van der Waals surface area contributed by atoms with E-state index in [9.17, 15) is 24.0 Å². The summed E-state index contributed by atoms with van der Waals surface area (Å²) in [6.07, 6.45) is 3.10. The van der Waals surface area contributed by atoms with E-state index in [4.69, 9.17) is 0 Å². The lowest BCUT2D eigenvalue weighted by Crippen LogP contribution is -2.41. The molecule has 0 radical (unpaired) electrons. The van der Waals surface area contributed by atoms with Gasteiger partial charge in [-0.3, -0.25) is 24.1 Å². The lowest BCUT2D eigenvalue weighted by molar-refractivity contribution is -0.144. The van der Waals surface area contributed by atoms with Crippen LogP contribution in [0.15, 0.2) is 54.6 Å². The van der Waals surface area contributed by atoms with Crippen LogP contribution >= 0.6 is 0 Å². The Hall–Kier alpha value is -4.01. The zero-order chi connectivity index (χ0) is 24.2. The number of carbonyl (C=O) groups excluding carboxylic acids is 5. The normalized spacial score (nSPS) is 17.3. The standard InChI is InChI=1S/C25H26N4O5/c1-16(17-9-3-2-4-10-17)26-22(31)19-13-7-8-14-20(19)27-21(30)15-28-23(32)24(33)29(25(28)34)18-11-5-6-12-18/h2-4,7-10,13-14,16,18H,5-6,11-12,15H2,1H3,(H,26,31)(H,27,30)/t16-/m1/s1. The number of para-hydroxylation sites is 1. The lowest BCUT2D eigenvalue weighted by Gasteiger charge is -2.21. The molecule has 2 fully saturated rings. The second kappa shape index (κ2) is 9.86. The van der Waals surface area contributed by atoms with Gasteiger partial charge in [0.25, 0.3) is 5.91 Å². The van der Waals surface area contributed by atoms with E-state index in [-0.39, 0.29) is 29.2 Å². The molecule has 1 saturated carbocycles. The van der Waals surface area contributed by atoms with E-state index < -0.39 is 30.3 Å². The van der Waals surface area contributed by atoms with Crippen molar-refractivity contribution in [2.75, 3.05) is 11.9 Å². The van der Waals surface area contributed by atoms with E-state index in [1.54, 1.807) is 24.3 Å². The smallest absolute Gasteiger partial charge is 0.334 e. The Bertz CT molecular complexity index is 1130. The summed E-state index contributed by atoms with van der Waals surface area (Å²) in [5.74, 6) is -2.96. The monoisotopic (exact) mass is 462 g/mol. The van der Waals surface area contributed by atoms with Crippen LogP contribution in [-0.4, -0.2) is 52.0 Å². The lowest BCUT2D eigenvalue weighted by atomic mass is 10.1. The highest BCUT2D eigenvalue weighted by atomic mass is 16.2. The molecule has 2 aromatic carbocycles. The molecule has 1 heterocycles. The molecule has 2 aliphatic rings. The van der Waals surface area contributed by atoms with Gasteiger partial charge in [-0.25, -0.2) is 9.69 Å². The molecule has 1 saturated heterocycles. The summed E-state index contributed by atoms with van der Waals surface area (Å²) in [7, 11) is 0. The average Bonchev–Trinajstić information content (AvgIpc) is 3.43. The maximum absolute atomic E-state index is 12.9. The summed E-state index contributed by atoms with van der Waals surface area (Å²) in [6, 6.07) is 14.6. The minimum atomic E-state index is -1.00. The molecule has 0 aromatic heterocycles. The predicted molar refractivity (Wildman–Crippen MR) is 124 cm³/mol. The van der Waals surface area contributed by atoms with Gasteiger partial charge < -0.3 is 10.6 Å². The number of rotatable bonds is 7. The zero-order valence-electron chi connectivity index (χ0n) is 18.8. The van der Waals surface area contributed by atoms with Crippen molar-refractivity contribution in [2.24, 2.45) is 0 Å². The van der Waals surface area contributed by atoms with Gasteiger partial charge >= 0.3 is 17.8 Å². The highest BCUT2D eigenvalue weighted by molar-refractivity contribution is 6.45. The number of benzene rings is 2. The molecule has 34 heavy (non-hydrogen) atoms. The fourth-order valence-corrected chi connectivity index (χ4v) is 4.37. The van der Waals surface area contributed by atoms with Crippen molar-refractivity contribution in [2.45, 2.75) is 44.7 Å². The van der Waals surface area contributed by atoms with Crippen molar-refractivity contribution in [3.8, 4) is 0 Å². The Morgan fingerprint density at radius 1 is 0.941 bits per heavy atom. The second-order valence-corrected chi connectivity index (χ2v) is 8.49. The number of hydrogen-bond donors (Lipinski definition) is 2. The third-order valence-corrected chi connectivity index (χ3v) is 6.17. The van der Waals surface area contributed by atoms with Crippen LogP contribution < -0.4 is 10.6 Å². The van der Waals surface area contributed by atoms with E-state index in [0.29, 0.717) is 17.7 Å². The maximum Gasteiger partial charge on any atom is 0.334 e. The van der Waals surface area contributed by atoms with E-state index in [0.717, 1.165) is 23.3 Å². The predicted octanol–water partition coefficient (Wildman–Crippen LogP) is 2.85. The van der Waals surface area contributed by atoms with E-state index >= 15 is 0 Å². The molecule has 9 heteroatoms. The first-order valence-corrected chi connectivity index (χ1v) is 11.3. The largest absolute Gasteiger partial charge is 0.345 e. The molecule has 1 atom stereocenters. The van der Waals surface area contributed by atoms with Gasteiger partial charge in [0.05, 0.1) is 17.3 Å². The Morgan fingerprint density at radius 3 is 2.29 bits per heavy atom. The third kappa shape index (κ3) is 4.68. The van der Waals surface area contributed by atoms with Gasteiger partial charge in [-0.2, -0.15) is 0 Å². The van der Waals surface area contributed by atoms with Crippen molar-refractivity contribution in [1.29, 1.82) is 0 Å². The zero-order valence-corrected chi connectivity index (χ0v) is 18.8. The summed E-state index contributed by atoms with van der Waals surface area (Å²) in [4.78, 5) is 64.6. The first-order chi connectivity index (χ1) is 16.4. The minimum absolute atomic E-state index is 0.237. The minimum Gasteiger partial charge on any atom is -0.345 e. The van der Waals surface area contributed by atoms with Crippen molar-refractivity contribution < 1.29 is 24.0 Å². The van der Waals surface area contributed by atoms with Crippen molar-refractivity contribution in [1.82, 2.24) is 15.1 Å². The SMILES string of the molecule is C[C@@H](NC(=O)c1ccccc1NC(=O)CN1C(=O)C(=O)N(C2CCCC2)C1=O)c1ccccc1. The Balaban J connectivity index is 1.43. The molecular formula is C25H26N4O5. The molecule has 2 aromatic rings. The molecule has 1 aliphatic heterocycles. The molecule has 0 spiro atoms. The van der Waals surface area contributed by atoms with E-state index in [1.165, 1.54) is 0 Å². The summed E-state index contributed by atoms with van der Waals surface area (Å²) < 4.78 is 0. The number of imide groups is 2. The van der Waals surface area contributed by atoms with Crippen molar-refractivity contribution in [3.63, 3.8) is 0 Å². The van der Waals surface area contributed by atoms with E-state index in [1.807, 2.05) is 37.3 Å². The number of hydrogen-bond acceptors (Lipinski definition) is 5. The van der Waals surface area contributed by atoms with Crippen LogP contribution in [0.25, 0.3) is 0 Å². The van der Waals surface area contributed by atoms with Crippen molar-refractivity contribution >= 4 is 35.3 Å². The molecule has 6 amide bonds. The van der Waals surface area contributed by atoms with Gasteiger partial charge in [-0.1, -0.05) is 55.3 Å². The molecule has 9 nitrogen and oxygen atoms in total. The van der Waals surface area contributed by atoms with Gasteiger partial charge in [0.1, 0.15) is 6.54 Å². The average molecular weight is 463 g/mol. The van der Waals surface area contributed by atoms with E-state index in [2.05, 4.69) is 10.6 Å². The highest BCUT2D eigenvalue weighted by Crippen LogP contribution is 2.28. The number of nitrogens with zero attached hydrogens (tertiary/aromatic N) is 2. The number of amides is 6. The summed E-state index contributed by atoms with van der Waals surface area (Å²) in [6.45, 7) is 1.25. The first kappa shape index (κ1) is 23.2. The van der Waals surface area contributed by atoms with Crippen LogP contribution in [0.1, 0.15) is 54.6 Å². The van der Waals surface area contributed by atoms with Crippen LogP contribution in [0, 0.1) is 0 Å². The molecule has 4 rings (SSSR count). The van der Waals surface area contributed by atoms with Gasteiger partial charge in [-0.15, -0.1) is 0 Å². The Labute approximate surface area is 197 Å². The Morgan fingerprint density at radius 2 is 1.59 bits per heavy atom. The van der Waals surface area contributed by atoms with Crippen LogP contribution in [0.3, 0.4) is 0 Å². The summed E-state index contributed by atoms with van der Waals surface area (Å²) in [5.41, 5.74) is 1.41. The molecule has 0 unspecified atom stereocenters. The molecule has 2 N–H and O–H groups in total. The number of anilines is 1. The maximum atomic E-state index is 12.9. The van der Waals surface area contributed by atoms with Crippen LogP contribution in [-0.2, 0) is 14.4 Å². The molecule has 1 aliphatic carbocycles. The number of carbonyl (C=O) groups is 5. The topological polar surface area (TPSA) is 116 Å². The van der Waals surface area contributed by atoms with Gasteiger partial charge in [0.2, 0.25) is 5.91 Å². The molecule has 0 bridgehead atoms. The van der Waals surface area contributed by atoms with Crippen LogP contribution in [0.5, 0.6) is 0 Å². The summed E-state index contributed by atoms with van der Waals surface area (Å²) >= 11 is 0. The second-order valence-electron chi connectivity index (χ2n) is 8.49. The van der Waals surface area contributed by atoms with Crippen molar-refractivity contribution in [3.05, 3.63) is 65.7 Å². The highest BCUT2D eigenvalue weighted by Gasteiger charge is 2.48. The van der Waals surface area contributed by atoms with Gasteiger partial charge in [0, 0.05) is 6.04 Å². The Kier molecular flexibility index (Phi) is 6.72.